The highest BCUT2D eigenvalue weighted by Gasteiger charge is 2.39. The molecule has 1 rings (SSSR count). The molecule has 0 fully saturated rings. The van der Waals surface area contributed by atoms with E-state index in [1.165, 1.54) is 16.2 Å². The van der Waals surface area contributed by atoms with Gasteiger partial charge in [-0.1, -0.05) is 20.8 Å². The van der Waals surface area contributed by atoms with Crippen molar-refractivity contribution in [1.82, 2.24) is 9.88 Å². The van der Waals surface area contributed by atoms with Gasteiger partial charge in [-0.3, -0.25) is 9.59 Å². The van der Waals surface area contributed by atoms with E-state index in [0.717, 1.165) is 5.69 Å². The number of amides is 1. The lowest BCUT2D eigenvalue weighted by Gasteiger charge is -2.29. The Balaban J connectivity index is 2.81. The largest absolute Gasteiger partial charge is 0.481 e. The molecule has 0 spiro atoms. The third-order valence-electron chi connectivity index (χ3n) is 2.62. The van der Waals surface area contributed by atoms with E-state index in [2.05, 4.69) is 4.98 Å². The van der Waals surface area contributed by atoms with E-state index in [1.807, 2.05) is 5.38 Å². The van der Waals surface area contributed by atoms with Crippen LogP contribution in [0.25, 0.3) is 0 Å². The predicted molar refractivity (Wildman–Crippen MR) is 69.2 cm³/mol. The van der Waals surface area contributed by atoms with E-state index < -0.39 is 17.3 Å². The molecular formula is C12H18N2O3S. The van der Waals surface area contributed by atoms with Gasteiger partial charge in [0.1, 0.15) is 5.92 Å². The fourth-order valence-corrected chi connectivity index (χ4v) is 2.25. The second kappa shape index (κ2) is 5.48. The van der Waals surface area contributed by atoms with Crippen LogP contribution in [-0.4, -0.2) is 33.9 Å². The Kier molecular flexibility index (Phi) is 4.45. The number of carboxylic acid groups (broad SMARTS) is 1. The highest BCUT2D eigenvalue weighted by molar-refractivity contribution is 7.07. The molecule has 0 aromatic carbocycles. The Morgan fingerprint density at radius 3 is 2.50 bits per heavy atom. The van der Waals surface area contributed by atoms with Crippen molar-refractivity contribution in [2.75, 3.05) is 7.05 Å². The first-order valence-corrected chi connectivity index (χ1v) is 6.52. The van der Waals surface area contributed by atoms with E-state index >= 15 is 0 Å². The van der Waals surface area contributed by atoms with Crippen LogP contribution in [0.3, 0.4) is 0 Å². The van der Waals surface area contributed by atoms with Gasteiger partial charge in [0.15, 0.2) is 0 Å². The number of carboxylic acids is 1. The van der Waals surface area contributed by atoms with Gasteiger partial charge in [0, 0.05) is 12.4 Å². The number of nitrogens with zero attached hydrogens (tertiary/aromatic N) is 2. The van der Waals surface area contributed by atoms with E-state index in [4.69, 9.17) is 0 Å². The quantitative estimate of drug-likeness (QED) is 0.848. The maximum absolute atomic E-state index is 12.2. The normalized spacial score (nSPS) is 13.1. The smallest absolute Gasteiger partial charge is 0.316 e. The molecule has 1 amide bonds. The van der Waals surface area contributed by atoms with E-state index in [9.17, 15) is 14.7 Å². The average molecular weight is 270 g/mol. The SMILES string of the molecule is CN(Cc1cscn1)C(=O)C(C(=O)O)C(C)(C)C. The molecule has 0 aliphatic heterocycles. The van der Waals surface area contributed by atoms with Crippen LogP contribution in [0.1, 0.15) is 26.5 Å². The number of aromatic nitrogens is 1. The predicted octanol–water partition coefficient (Wildman–Crippen LogP) is 1.85. The van der Waals surface area contributed by atoms with Crippen LogP contribution in [-0.2, 0) is 16.1 Å². The second-order valence-corrected chi connectivity index (χ2v) is 6.03. The standard InChI is InChI=1S/C12H18N2O3S/c1-12(2,3)9(11(16)17)10(15)14(4)5-8-6-18-7-13-8/h6-7,9H,5H2,1-4H3,(H,16,17). The lowest BCUT2D eigenvalue weighted by atomic mass is 9.80. The van der Waals surface area contributed by atoms with Gasteiger partial charge in [-0.15, -0.1) is 11.3 Å². The third-order valence-corrected chi connectivity index (χ3v) is 3.25. The van der Waals surface area contributed by atoms with Crippen LogP contribution >= 0.6 is 11.3 Å². The molecule has 5 nitrogen and oxygen atoms in total. The molecule has 100 valence electrons. The number of carbonyl (C=O) groups excluding carboxylic acids is 1. The van der Waals surface area contributed by atoms with Gasteiger partial charge >= 0.3 is 5.97 Å². The molecule has 1 heterocycles. The molecule has 0 aliphatic rings. The molecule has 1 aromatic rings. The van der Waals surface area contributed by atoms with Crippen LogP contribution in [0, 0.1) is 11.3 Å². The lowest BCUT2D eigenvalue weighted by molar-refractivity contribution is -0.155. The summed E-state index contributed by atoms with van der Waals surface area (Å²) < 4.78 is 0. The fourth-order valence-electron chi connectivity index (χ4n) is 1.70. The molecule has 1 N–H and O–H groups in total. The Morgan fingerprint density at radius 1 is 1.50 bits per heavy atom. The number of rotatable bonds is 4. The second-order valence-electron chi connectivity index (χ2n) is 5.31. The summed E-state index contributed by atoms with van der Waals surface area (Å²) in [7, 11) is 1.60. The van der Waals surface area contributed by atoms with Crippen molar-refractivity contribution in [3.05, 3.63) is 16.6 Å². The zero-order valence-corrected chi connectivity index (χ0v) is 11.8. The van der Waals surface area contributed by atoms with Crippen molar-refractivity contribution in [3.8, 4) is 0 Å². The van der Waals surface area contributed by atoms with Gasteiger partial charge in [-0.05, 0) is 5.41 Å². The maximum atomic E-state index is 12.2. The number of thiazole rings is 1. The number of hydrogen-bond acceptors (Lipinski definition) is 4. The molecule has 1 atom stereocenters. The monoisotopic (exact) mass is 270 g/mol. The van der Waals surface area contributed by atoms with Gasteiger partial charge in [0.25, 0.3) is 0 Å². The molecule has 18 heavy (non-hydrogen) atoms. The summed E-state index contributed by atoms with van der Waals surface area (Å²) in [5, 5.41) is 11.0. The van der Waals surface area contributed by atoms with Crippen molar-refractivity contribution in [1.29, 1.82) is 0 Å². The van der Waals surface area contributed by atoms with Gasteiger partial charge in [-0.2, -0.15) is 0 Å². The Labute approximate surface area is 110 Å². The van der Waals surface area contributed by atoms with Gasteiger partial charge in [-0.25, -0.2) is 4.98 Å². The first kappa shape index (κ1) is 14.6. The van der Waals surface area contributed by atoms with Crippen molar-refractivity contribution < 1.29 is 14.7 Å². The van der Waals surface area contributed by atoms with Gasteiger partial charge in [0.2, 0.25) is 5.91 Å². The molecule has 0 saturated heterocycles. The molecule has 1 aromatic heterocycles. The molecule has 0 bridgehead atoms. The minimum Gasteiger partial charge on any atom is -0.481 e. The zero-order valence-electron chi connectivity index (χ0n) is 11.0. The van der Waals surface area contributed by atoms with Crippen molar-refractivity contribution >= 4 is 23.2 Å². The summed E-state index contributed by atoms with van der Waals surface area (Å²) in [5.74, 6) is -2.51. The summed E-state index contributed by atoms with van der Waals surface area (Å²) >= 11 is 1.45. The Bertz CT molecular complexity index is 423. The summed E-state index contributed by atoms with van der Waals surface area (Å²) in [6.07, 6.45) is 0. The van der Waals surface area contributed by atoms with Crippen molar-refractivity contribution in [2.45, 2.75) is 27.3 Å². The first-order valence-electron chi connectivity index (χ1n) is 5.58. The number of aliphatic carboxylic acids is 1. The van der Waals surface area contributed by atoms with E-state index in [1.54, 1.807) is 33.3 Å². The van der Waals surface area contributed by atoms with Crippen molar-refractivity contribution in [3.63, 3.8) is 0 Å². The summed E-state index contributed by atoms with van der Waals surface area (Å²) in [5.41, 5.74) is 1.85. The Hall–Kier alpha value is -1.43. The van der Waals surface area contributed by atoms with Crippen LogP contribution < -0.4 is 0 Å². The third kappa shape index (κ3) is 3.53. The van der Waals surface area contributed by atoms with Crippen LogP contribution in [0.5, 0.6) is 0 Å². The number of carbonyl (C=O) groups is 2. The molecule has 0 saturated carbocycles. The zero-order chi connectivity index (χ0) is 13.9. The molecule has 6 heteroatoms. The highest BCUT2D eigenvalue weighted by Crippen LogP contribution is 2.28. The lowest BCUT2D eigenvalue weighted by Crippen LogP contribution is -2.43. The molecule has 1 unspecified atom stereocenters. The van der Waals surface area contributed by atoms with E-state index in [-0.39, 0.29) is 5.91 Å². The molecular weight excluding hydrogens is 252 g/mol. The summed E-state index contributed by atoms with van der Waals surface area (Å²) in [4.78, 5) is 28.9. The fraction of sp³-hybridized carbons (Fsp3) is 0.583. The van der Waals surface area contributed by atoms with Gasteiger partial charge in [0.05, 0.1) is 17.7 Å². The van der Waals surface area contributed by atoms with Crippen LogP contribution in [0.15, 0.2) is 10.9 Å². The highest BCUT2D eigenvalue weighted by atomic mass is 32.1. The minimum absolute atomic E-state index is 0.336. The van der Waals surface area contributed by atoms with E-state index in [0.29, 0.717) is 6.54 Å². The first-order chi connectivity index (χ1) is 8.23. The van der Waals surface area contributed by atoms with Crippen LogP contribution in [0.2, 0.25) is 0 Å². The van der Waals surface area contributed by atoms with Crippen molar-refractivity contribution in [2.24, 2.45) is 11.3 Å². The Morgan fingerprint density at radius 2 is 2.11 bits per heavy atom. The summed E-state index contributed by atoms with van der Waals surface area (Å²) in [6, 6.07) is 0. The maximum Gasteiger partial charge on any atom is 0.316 e. The van der Waals surface area contributed by atoms with Gasteiger partial charge < -0.3 is 10.0 Å². The average Bonchev–Trinajstić information content (AvgIpc) is 2.67. The topological polar surface area (TPSA) is 70.5 Å². The molecule has 0 aliphatic carbocycles. The van der Waals surface area contributed by atoms with Crippen LogP contribution in [0.4, 0.5) is 0 Å². The number of hydrogen-bond donors (Lipinski definition) is 1. The summed E-state index contributed by atoms with van der Waals surface area (Å²) in [6.45, 7) is 5.59. The molecule has 0 radical (unpaired) electrons. The minimum atomic E-state index is -1.09.